The second kappa shape index (κ2) is 10.8. The van der Waals surface area contributed by atoms with Crippen molar-refractivity contribution in [1.82, 2.24) is 5.32 Å². The molecule has 30 heavy (non-hydrogen) atoms. The van der Waals surface area contributed by atoms with Gasteiger partial charge in [-0.05, 0) is 54.8 Å². The van der Waals surface area contributed by atoms with Gasteiger partial charge in [0.15, 0.2) is 0 Å². The predicted octanol–water partition coefficient (Wildman–Crippen LogP) is 4.96. The van der Waals surface area contributed by atoms with Gasteiger partial charge in [0, 0.05) is 22.8 Å². The Morgan fingerprint density at radius 2 is 1.80 bits per heavy atom. The molecule has 1 aliphatic rings. The zero-order valence-corrected chi connectivity index (χ0v) is 19.1. The molecule has 0 bridgehead atoms. The lowest BCUT2D eigenvalue weighted by molar-refractivity contribution is -0.118. The third-order valence-corrected chi connectivity index (χ3v) is 7.82. The number of hydrogen-bond acceptors (Lipinski definition) is 5. The molecule has 0 unspecified atom stereocenters. The van der Waals surface area contributed by atoms with Gasteiger partial charge in [-0.1, -0.05) is 26.0 Å². The number of ether oxygens (including phenoxy) is 1. The van der Waals surface area contributed by atoms with Gasteiger partial charge in [-0.15, -0.1) is 23.5 Å². The van der Waals surface area contributed by atoms with Gasteiger partial charge < -0.3 is 15.4 Å². The molecule has 1 fully saturated rings. The van der Waals surface area contributed by atoms with Crippen molar-refractivity contribution in [3.05, 3.63) is 59.7 Å². The molecule has 1 heterocycles. The molecule has 7 heteroatoms. The predicted molar refractivity (Wildman–Crippen MR) is 126 cm³/mol. The van der Waals surface area contributed by atoms with Crippen molar-refractivity contribution in [2.24, 2.45) is 5.92 Å². The van der Waals surface area contributed by atoms with E-state index in [2.05, 4.69) is 16.7 Å². The average molecular weight is 445 g/mol. The van der Waals surface area contributed by atoms with E-state index in [1.807, 2.05) is 62.5 Å². The van der Waals surface area contributed by atoms with Crippen LogP contribution in [0.1, 0.15) is 41.3 Å². The van der Waals surface area contributed by atoms with Gasteiger partial charge in [0.05, 0.1) is 11.2 Å². The molecule has 2 aromatic carbocycles. The summed E-state index contributed by atoms with van der Waals surface area (Å²) in [5, 5.41) is 5.85. The van der Waals surface area contributed by atoms with Gasteiger partial charge in [-0.2, -0.15) is 0 Å². The number of carbonyl (C=O) groups excluding carboxylic acids is 2. The van der Waals surface area contributed by atoms with E-state index in [0.29, 0.717) is 22.5 Å². The van der Waals surface area contributed by atoms with Gasteiger partial charge in [0.2, 0.25) is 5.91 Å². The lowest BCUT2D eigenvalue weighted by atomic mass is 10.0. The van der Waals surface area contributed by atoms with E-state index in [0.717, 1.165) is 17.2 Å². The van der Waals surface area contributed by atoms with Crippen LogP contribution in [0.25, 0.3) is 0 Å². The molecule has 0 radical (unpaired) electrons. The summed E-state index contributed by atoms with van der Waals surface area (Å²) < 4.78 is 5.83. The lowest BCUT2D eigenvalue weighted by Crippen LogP contribution is -2.47. The maximum atomic E-state index is 12.9. The van der Waals surface area contributed by atoms with Crippen molar-refractivity contribution in [2.45, 2.75) is 31.4 Å². The SMILES string of the molecule is CCOc1ccc(C(=O)N[C@H](C(=O)Nc2cccc(C3SCCS3)c2)C(C)C)cc1. The Hall–Kier alpha value is -2.12. The highest BCUT2D eigenvalue weighted by molar-refractivity contribution is 8.19. The minimum absolute atomic E-state index is 0.0548. The second-order valence-corrected chi connectivity index (χ2v) is 10.1. The number of rotatable bonds is 8. The summed E-state index contributed by atoms with van der Waals surface area (Å²) in [6, 6.07) is 14.3. The van der Waals surface area contributed by atoms with Gasteiger partial charge in [-0.3, -0.25) is 9.59 Å². The number of hydrogen-bond donors (Lipinski definition) is 2. The van der Waals surface area contributed by atoms with E-state index < -0.39 is 6.04 Å². The number of anilines is 1. The fraction of sp³-hybridized carbons (Fsp3) is 0.391. The van der Waals surface area contributed by atoms with Crippen LogP contribution in [-0.4, -0.2) is 36.0 Å². The van der Waals surface area contributed by atoms with E-state index in [1.54, 1.807) is 24.3 Å². The number of benzene rings is 2. The molecule has 2 aromatic rings. The van der Waals surface area contributed by atoms with Crippen molar-refractivity contribution in [1.29, 1.82) is 0 Å². The van der Waals surface area contributed by atoms with Crippen molar-refractivity contribution in [2.75, 3.05) is 23.4 Å². The molecule has 2 amide bonds. The van der Waals surface area contributed by atoms with E-state index in [1.165, 1.54) is 5.56 Å². The maximum Gasteiger partial charge on any atom is 0.251 e. The molecule has 0 aliphatic carbocycles. The van der Waals surface area contributed by atoms with E-state index in [9.17, 15) is 9.59 Å². The third-order valence-electron chi connectivity index (χ3n) is 4.71. The molecule has 3 rings (SSSR count). The largest absolute Gasteiger partial charge is 0.494 e. The van der Waals surface area contributed by atoms with Crippen LogP contribution in [0.3, 0.4) is 0 Å². The first-order chi connectivity index (χ1) is 14.5. The summed E-state index contributed by atoms with van der Waals surface area (Å²) in [6.45, 7) is 6.32. The quantitative estimate of drug-likeness (QED) is 0.603. The van der Waals surface area contributed by atoms with Gasteiger partial charge in [-0.25, -0.2) is 0 Å². The smallest absolute Gasteiger partial charge is 0.251 e. The topological polar surface area (TPSA) is 67.4 Å². The van der Waals surface area contributed by atoms with Crippen LogP contribution in [0.5, 0.6) is 5.75 Å². The Kier molecular flexibility index (Phi) is 8.10. The Labute approximate surface area is 186 Å². The molecular formula is C23H28N2O3S2. The molecule has 0 saturated carbocycles. The van der Waals surface area contributed by atoms with E-state index in [4.69, 9.17) is 4.74 Å². The molecule has 1 saturated heterocycles. The van der Waals surface area contributed by atoms with Crippen LogP contribution < -0.4 is 15.4 Å². The average Bonchev–Trinajstić information content (AvgIpc) is 3.27. The first-order valence-corrected chi connectivity index (χ1v) is 12.3. The van der Waals surface area contributed by atoms with Crippen molar-refractivity contribution in [3.8, 4) is 5.75 Å². The first-order valence-electron chi connectivity index (χ1n) is 10.2. The summed E-state index contributed by atoms with van der Waals surface area (Å²) in [5.74, 6) is 2.47. The molecule has 1 aliphatic heterocycles. The fourth-order valence-corrected chi connectivity index (χ4v) is 6.00. The highest BCUT2D eigenvalue weighted by Gasteiger charge is 2.25. The summed E-state index contributed by atoms with van der Waals surface area (Å²) in [7, 11) is 0. The monoisotopic (exact) mass is 444 g/mol. The molecule has 160 valence electrons. The first kappa shape index (κ1) is 22.6. The number of amides is 2. The van der Waals surface area contributed by atoms with Gasteiger partial charge >= 0.3 is 0 Å². The van der Waals surface area contributed by atoms with Gasteiger partial charge in [0.25, 0.3) is 5.91 Å². The minimum Gasteiger partial charge on any atom is -0.494 e. The number of nitrogens with one attached hydrogen (secondary N) is 2. The molecule has 0 spiro atoms. The fourth-order valence-electron chi connectivity index (χ4n) is 3.16. The molecule has 5 nitrogen and oxygen atoms in total. The Balaban J connectivity index is 1.66. The second-order valence-electron chi connectivity index (χ2n) is 7.34. The van der Waals surface area contributed by atoms with Crippen LogP contribution in [0.4, 0.5) is 5.69 Å². The zero-order chi connectivity index (χ0) is 21.5. The highest BCUT2D eigenvalue weighted by atomic mass is 32.2. The Morgan fingerprint density at radius 1 is 1.10 bits per heavy atom. The summed E-state index contributed by atoms with van der Waals surface area (Å²) in [5.41, 5.74) is 2.46. The Morgan fingerprint density at radius 3 is 2.43 bits per heavy atom. The van der Waals surface area contributed by atoms with Crippen LogP contribution in [0, 0.1) is 5.92 Å². The number of thioether (sulfide) groups is 2. The minimum atomic E-state index is -0.636. The molecule has 1 atom stereocenters. The molecular weight excluding hydrogens is 416 g/mol. The zero-order valence-electron chi connectivity index (χ0n) is 17.5. The number of carbonyl (C=O) groups is 2. The normalized spacial score (nSPS) is 15.1. The maximum absolute atomic E-state index is 12.9. The molecule has 0 aromatic heterocycles. The van der Waals surface area contributed by atoms with Crippen molar-refractivity contribution >= 4 is 41.0 Å². The lowest BCUT2D eigenvalue weighted by Gasteiger charge is -2.22. The summed E-state index contributed by atoms with van der Waals surface area (Å²) >= 11 is 3.86. The summed E-state index contributed by atoms with van der Waals surface area (Å²) in [4.78, 5) is 25.6. The van der Waals surface area contributed by atoms with Crippen LogP contribution >= 0.6 is 23.5 Å². The Bertz CT molecular complexity index is 865. The van der Waals surface area contributed by atoms with E-state index in [-0.39, 0.29) is 17.7 Å². The highest BCUT2D eigenvalue weighted by Crippen LogP contribution is 2.45. The molecule has 2 N–H and O–H groups in total. The van der Waals surface area contributed by atoms with E-state index >= 15 is 0 Å². The van der Waals surface area contributed by atoms with Gasteiger partial charge in [0.1, 0.15) is 11.8 Å². The standard InChI is InChI=1S/C23H28N2O3S2/c1-4-28-19-10-8-16(9-11-19)21(26)25-20(15(2)3)22(27)24-18-7-5-6-17(14-18)23-29-12-13-30-23/h5-11,14-15,20,23H,4,12-13H2,1-3H3,(H,24,27)(H,25,26)/t20-/m0/s1. The van der Waals surface area contributed by atoms with Crippen LogP contribution in [0.2, 0.25) is 0 Å². The van der Waals surface area contributed by atoms with Crippen LogP contribution in [-0.2, 0) is 4.79 Å². The van der Waals surface area contributed by atoms with Crippen molar-refractivity contribution in [3.63, 3.8) is 0 Å². The van der Waals surface area contributed by atoms with Crippen molar-refractivity contribution < 1.29 is 14.3 Å². The van der Waals surface area contributed by atoms with Crippen LogP contribution in [0.15, 0.2) is 48.5 Å². The summed E-state index contributed by atoms with van der Waals surface area (Å²) in [6.07, 6.45) is 0. The third kappa shape index (κ3) is 5.95.